The lowest BCUT2D eigenvalue weighted by atomic mass is 10.2. The van der Waals surface area contributed by atoms with E-state index in [0.29, 0.717) is 6.42 Å². The zero-order valence-corrected chi connectivity index (χ0v) is 16.7. The van der Waals surface area contributed by atoms with Crippen molar-refractivity contribution in [2.75, 3.05) is 6.54 Å². The van der Waals surface area contributed by atoms with Gasteiger partial charge in [-0.15, -0.1) is 22.7 Å². The van der Waals surface area contributed by atoms with Gasteiger partial charge in [-0.05, 0) is 37.1 Å². The highest BCUT2D eigenvalue weighted by Crippen LogP contribution is 2.36. The summed E-state index contributed by atoms with van der Waals surface area (Å²) in [4.78, 5) is 28.7. The Morgan fingerprint density at radius 1 is 1.14 bits per heavy atom. The Balaban J connectivity index is 1.34. The van der Waals surface area contributed by atoms with Gasteiger partial charge in [-0.2, -0.15) is 0 Å². The average Bonchev–Trinajstić information content (AvgIpc) is 3.47. The second-order valence-electron chi connectivity index (χ2n) is 6.80. The first kappa shape index (κ1) is 17.5. The molecule has 4 heterocycles. The largest absolute Gasteiger partial charge is 0.333 e. The number of likely N-dealkylation sites (tertiary alicyclic amines) is 1. The molecule has 1 saturated heterocycles. The molecule has 28 heavy (non-hydrogen) atoms. The molecule has 5 rings (SSSR count). The third-order valence-corrected chi connectivity index (χ3v) is 6.99. The predicted molar refractivity (Wildman–Crippen MR) is 112 cm³/mol. The van der Waals surface area contributed by atoms with Gasteiger partial charge < -0.3 is 4.90 Å². The molecule has 5 nitrogen and oxygen atoms in total. The highest BCUT2D eigenvalue weighted by molar-refractivity contribution is 7.18. The average molecular weight is 407 g/mol. The molecule has 0 saturated carbocycles. The number of benzene rings is 1. The maximum absolute atomic E-state index is 13.0. The normalized spacial score (nSPS) is 16.7. The summed E-state index contributed by atoms with van der Waals surface area (Å²) in [5.41, 5.74) is 2.67. The maximum Gasteiger partial charge on any atom is 0.229 e. The van der Waals surface area contributed by atoms with Crippen LogP contribution in [0.5, 0.6) is 0 Å². The second-order valence-corrected chi connectivity index (χ2v) is 8.72. The fraction of sp³-hybridized carbons (Fsp3) is 0.238. The van der Waals surface area contributed by atoms with E-state index in [1.54, 1.807) is 17.5 Å². The van der Waals surface area contributed by atoms with Crippen LogP contribution in [0.25, 0.3) is 20.9 Å². The van der Waals surface area contributed by atoms with Crippen molar-refractivity contribution in [2.45, 2.75) is 25.3 Å². The van der Waals surface area contributed by atoms with E-state index in [1.807, 2.05) is 46.7 Å². The van der Waals surface area contributed by atoms with Gasteiger partial charge in [0.05, 0.1) is 34.1 Å². The van der Waals surface area contributed by atoms with Crippen molar-refractivity contribution in [3.8, 4) is 10.7 Å². The smallest absolute Gasteiger partial charge is 0.229 e. The first-order chi connectivity index (χ1) is 13.8. The summed E-state index contributed by atoms with van der Waals surface area (Å²) in [5.74, 6) is 0.125. The van der Waals surface area contributed by atoms with Gasteiger partial charge in [0.15, 0.2) is 0 Å². The molecule has 1 aliphatic heterocycles. The Morgan fingerprint density at radius 2 is 2.04 bits per heavy atom. The van der Waals surface area contributed by atoms with E-state index < -0.39 is 0 Å². The monoisotopic (exact) mass is 406 g/mol. The fourth-order valence-electron chi connectivity index (χ4n) is 3.61. The molecule has 1 atom stereocenters. The third kappa shape index (κ3) is 3.31. The van der Waals surface area contributed by atoms with Crippen LogP contribution in [-0.4, -0.2) is 32.3 Å². The van der Waals surface area contributed by atoms with Crippen LogP contribution >= 0.6 is 22.7 Å². The number of hydrogen-bond donors (Lipinski definition) is 0. The Kier molecular flexibility index (Phi) is 4.62. The van der Waals surface area contributed by atoms with Crippen LogP contribution in [0.1, 0.15) is 29.6 Å². The predicted octanol–water partition coefficient (Wildman–Crippen LogP) is 4.72. The van der Waals surface area contributed by atoms with Crippen molar-refractivity contribution in [2.24, 2.45) is 0 Å². The summed E-state index contributed by atoms with van der Waals surface area (Å²) in [6.45, 7) is 0.788. The van der Waals surface area contributed by atoms with Crippen LogP contribution in [0, 0.1) is 0 Å². The van der Waals surface area contributed by atoms with E-state index in [0.717, 1.165) is 46.3 Å². The van der Waals surface area contributed by atoms with Crippen LogP contribution < -0.4 is 0 Å². The number of thiazole rings is 2. The van der Waals surface area contributed by atoms with Gasteiger partial charge in [0.1, 0.15) is 10.0 Å². The highest BCUT2D eigenvalue weighted by atomic mass is 32.1. The SMILES string of the molecule is O=C(Cc1csc(-c2ccccn2)n1)N1CCCC1c1nc2ccccc2s1. The van der Waals surface area contributed by atoms with E-state index in [-0.39, 0.29) is 11.9 Å². The van der Waals surface area contributed by atoms with Crippen molar-refractivity contribution in [3.63, 3.8) is 0 Å². The minimum Gasteiger partial charge on any atom is -0.333 e. The number of carbonyl (C=O) groups is 1. The van der Waals surface area contributed by atoms with E-state index in [2.05, 4.69) is 16.0 Å². The van der Waals surface area contributed by atoms with Crippen LogP contribution in [0.4, 0.5) is 0 Å². The first-order valence-electron chi connectivity index (χ1n) is 9.29. The minimum atomic E-state index is 0.0822. The number of nitrogens with zero attached hydrogens (tertiary/aromatic N) is 4. The second kappa shape index (κ2) is 7.41. The maximum atomic E-state index is 13.0. The Labute approximate surface area is 170 Å². The van der Waals surface area contributed by atoms with Gasteiger partial charge in [-0.3, -0.25) is 9.78 Å². The number of carbonyl (C=O) groups excluding carboxylic acids is 1. The molecular formula is C21H18N4OS2. The Morgan fingerprint density at radius 3 is 2.89 bits per heavy atom. The van der Waals surface area contributed by atoms with Gasteiger partial charge in [0.25, 0.3) is 0 Å². The molecule has 0 bridgehead atoms. The van der Waals surface area contributed by atoms with E-state index >= 15 is 0 Å². The number of amides is 1. The van der Waals surface area contributed by atoms with Gasteiger partial charge in [-0.1, -0.05) is 18.2 Å². The topological polar surface area (TPSA) is 59.0 Å². The molecule has 140 valence electrons. The summed E-state index contributed by atoms with van der Waals surface area (Å²) >= 11 is 3.23. The molecule has 0 spiro atoms. The van der Waals surface area contributed by atoms with Gasteiger partial charge in [0.2, 0.25) is 5.91 Å². The Hall–Kier alpha value is -2.64. The summed E-state index contributed by atoms with van der Waals surface area (Å²) in [7, 11) is 0. The quantitative estimate of drug-likeness (QED) is 0.492. The molecule has 0 radical (unpaired) electrons. The van der Waals surface area contributed by atoms with Gasteiger partial charge >= 0.3 is 0 Å². The summed E-state index contributed by atoms with van der Waals surface area (Å²) in [6.07, 6.45) is 4.07. The highest BCUT2D eigenvalue weighted by Gasteiger charge is 2.32. The molecular weight excluding hydrogens is 388 g/mol. The van der Waals surface area contributed by atoms with Crippen molar-refractivity contribution in [3.05, 3.63) is 64.7 Å². The van der Waals surface area contributed by atoms with Gasteiger partial charge in [-0.25, -0.2) is 9.97 Å². The number of rotatable bonds is 4. The van der Waals surface area contributed by atoms with E-state index in [4.69, 9.17) is 4.98 Å². The summed E-state index contributed by atoms with van der Waals surface area (Å²) in [5, 5.41) is 3.86. The molecule has 4 aromatic rings. The molecule has 3 aromatic heterocycles. The number of hydrogen-bond acceptors (Lipinski definition) is 6. The molecule has 1 fully saturated rings. The molecule has 0 aliphatic carbocycles. The molecule has 1 aliphatic rings. The molecule has 1 amide bonds. The number of pyridine rings is 1. The zero-order valence-electron chi connectivity index (χ0n) is 15.1. The third-order valence-electron chi connectivity index (χ3n) is 4.94. The standard InChI is InChI=1S/C21H18N4OS2/c26-19(12-14-13-27-20(23-14)16-7-3-4-10-22-16)25-11-5-8-17(25)21-24-15-6-1-2-9-18(15)28-21/h1-4,6-7,9-10,13,17H,5,8,11-12H2. The number of fused-ring (bicyclic) bond motifs is 1. The van der Waals surface area contributed by atoms with Crippen LogP contribution in [0.3, 0.4) is 0 Å². The van der Waals surface area contributed by atoms with E-state index in [9.17, 15) is 4.79 Å². The van der Waals surface area contributed by atoms with Crippen LogP contribution in [0.15, 0.2) is 54.0 Å². The summed E-state index contributed by atoms with van der Waals surface area (Å²) in [6, 6.07) is 14.0. The zero-order chi connectivity index (χ0) is 18.9. The molecule has 1 aromatic carbocycles. The van der Waals surface area contributed by atoms with E-state index in [1.165, 1.54) is 16.0 Å². The Bertz CT molecular complexity index is 1090. The fourth-order valence-corrected chi connectivity index (χ4v) is 5.52. The molecule has 0 N–H and O–H groups in total. The summed E-state index contributed by atoms with van der Waals surface area (Å²) < 4.78 is 1.18. The lowest BCUT2D eigenvalue weighted by molar-refractivity contribution is -0.131. The number of para-hydroxylation sites is 1. The van der Waals surface area contributed by atoms with Crippen molar-refractivity contribution in [1.82, 2.24) is 19.9 Å². The van der Waals surface area contributed by atoms with Crippen molar-refractivity contribution < 1.29 is 4.79 Å². The first-order valence-corrected chi connectivity index (χ1v) is 11.0. The van der Waals surface area contributed by atoms with Gasteiger partial charge in [0, 0.05) is 18.1 Å². The van der Waals surface area contributed by atoms with Crippen molar-refractivity contribution in [1.29, 1.82) is 0 Å². The molecule has 1 unspecified atom stereocenters. The van der Waals surface area contributed by atoms with Crippen molar-refractivity contribution >= 4 is 38.8 Å². The lowest BCUT2D eigenvalue weighted by Gasteiger charge is -2.22. The van der Waals surface area contributed by atoms with Crippen LogP contribution in [0.2, 0.25) is 0 Å². The lowest BCUT2D eigenvalue weighted by Crippen LogP contribution is -2.31. The van der Waals surface area contributed by atoms with Crippen LogP contribution in [-0.2, 0) is 11.2 Å². The molecule has 7 heteroatoms. The minimum absolute atomic E-state index is 0.0822. The number of aromatic nitrogens is 3.